The lowest BCUT2D eigenvalue weighted by atomic mass is 9.98. The van der Waals surface area contributed by atoms with Gasteiger partial charge in [-0.25, -0.2) is 0 Å². The van der Waals surface area contributed by atoms with E-state index in [0.29, 0.717) is 19.6 Å². The van der Waals surface area contributed by atoms with Gasteiger partial charge < -0.3 is 19.9 Å². The predicted octanol–water partition coefficient (Wildman–Crippen LogP) is 1.80. The molecule has 1 heterocycles. The van der Waals surface area contributed by atoms with Gasteiger partial charge in [-0.3, -0.25) is 4.79 Å². The molecule has 1 fully saturated rings. The number of carboxylic acids is 1. The van der Waals surface area contributed by atoms with E-state index >= 15 is 0 Å². The number of carboxylic acid groups (broad SMARTS) is 1. The van der Waals surface area contributed by atoms with Gasteiger partial charge in [0.2, 0.25) is 0 Å². The fourth-order valence-electron chi connectivity index (χ4n) is 2.57. The lowest BCUT2D eigenvalue weighted by Gasteiger charge is -2.33. The summed E-state index contributed by atoms with van der Waals surface area (Å²) >= 11 is 0. The molecule has 3 unspecified atom stereocenters. The second-order valence-corrected chi connectivity index (χ2v) is 5.64. The number of hydrogen-bond acceptors (Lipinski definition) is 4. The molecule has 0 spiro atoms. The van der Waals surface area contributed by atoms with Gasteiger partial charge in [-0.15, -0.1) is 0 Å². The van der Waals surface area contributed by atoms with E-state index < -0.39 is 11.5 Å². The van der Waals surface area contributed by atoms with Crippen molar-refractivity contribution in [3.63, 3.8) is 0 Å². The highest BCUT2D eigenvalue weighted by molar-refractivity contribution is 5.78. The van der Waals surface area contributed by atoms with E-state index in [1.165, 1.54) is 0 Å². The lowest BCUT2D eigenvalue weighted by Crippen LogP contribution is -2.50. The van der Waals surface area contributed by atoms with E-state index in [1.54, 1.807) is 6.92 Å². The Morgan fingerprint density at radius 1 is 1.42 bits per heavy atom. The largest absolute Gasteiger partial charge is 0.480 e. The Hall–Kier alpha value is -0.650. The third-order valence-electron chi connectivity index (χ3n) is 3.65. The zero-order chi connectivity index (χ0) is 14.5. The van der Waals surface area contributed by atoms with Crippen molar-refractivity contribution in [1.82, 2.24) is 5.32 Å². The maximum Gasteiger partial charge on any atom is 0.323 e. The SMILES string of the molecule is CCNC(C)(CCOC1CC(C)OC(C)C1)C(=O)O. The van der Waals surface area contributed by atoms with Gasteiger partial charge in [-0.2, -0.15) is 0 Å². The molecule has 1 saturated heterocycles. The summed E-state index contributed by atoms with van der Waals surface area (Å²) in [6, 6.07) is 0. The molecule has 5 nitrogen and oxygen atoms in total. The standard InChI is InChI=1S/C14H27NO4/c1-5-15-14(4,13(16)17)6-7-18-12-8-10(2)19-11(3)9-12/h10-12,15H,5-9H2,1-4H3,(H,16,17). The van der Waals surface area contributed by atoms with Gasteiger partial charge in [0.15, 0.2) is 0 Å². The summed E-state index contributed by atoms with van der Waals surface area (Å²) in [4.78, 5) is 11.3. The van der Waals surface area contributed by atoms with Crippen LogP contribution in [0.1, 0.15) is 47.0 Å². The molecule has 1 aliphatic rings. The Morgan fingerprint density at radius 3 is 2.47 bits per heavy atom. The Morgan fingerprint density at radius 2 is 2.00 bits per heavy atom. The second-order valence-electron chi connectivity index (χ2n) is 5.64. The van der Waals surface area contributed by atoms with E-state index in [0.717, 1.165) is 12.8 Å². The minimum Gasteiger partial charge on any atom is -0.480 e. The van der Waals surface area contributed by atoms with Crippen LogP contribution in [-0.2, 0) is 14.3 Å². The molecule has 1 rings (SSSR count). The summed E-state index contributed by atoms with van der Waals surface area (Å²) in [6.07, 6.45) is 2.85. The number of hydrogen-bond donors (Lipinski definition) is 2. The molecule has 0 saturated carbocycles. The van der Waals surface area contributed by atoms with Crippen molar-refractivity contribution in [3.8, 4) is 0 Å². The van der Waals surface area contributed by atoms with Crippen LogP contribution in [0.2, 0.25) is 0 Å². The van der Waals surface area contributed by atoms with E-state index in [-0.39, 0.29) is 18.3 Å². The molecule has 19 heavy (non-hydrogen) atoms. The van der Waals surface area contributed by atoms with E-state index in [1.807, 2.05) is 20.8 Å². The first kappa shape index (κ1) is 16.4. The molecular weight excluding hydrogens is 246 g/mol. The molecule has 5 heteroatoms. The maximum atomic E-state index is 11.3. The number of nitrogens with one attached hydrogen (secondary N) is 1. The molecular formula is C14H27NO4. The number of likely N-dealkylation sites (N-methyl/N-ethyl adjacent to an activating group) is 1. The molecule has 2 N–H and O–H groups in total. The topological polar surface area (TPSA) is 67.8 Å². The van der Waals surface area contributed by atoms with Crippen molar-refractivity contribution >= 4 is 5.97 Å². The number of rotatable bonds is 7. The molecule has 0 aliphatic carbocycles. The molecule has 0 aromatic rings. The predicted molar refractivity (Wildman–Crippen MR) is 73.3 cm³/mol. The van der Waals surface area contributed by atoms with Gasteiger partial charge in [0.05, 0.1) is 18.3 Å². The first-order valence-electron chi connectivity index (χ1n) is 7.13. The van der Waals surface area contributed by atoms with Crippen molar-refractivity contribution in [1.29, 1.82) is 0 Å². The third kappa shape index (κ3) is 5.09. The van der Waals surface area contributed by atoms with Crippen LogP contribution >= 0.6 is 0 Å². The minimum atomic E-state index is -0.906. The summed E-state index contributed by atoms with van der Waals surface area (Å²) in [5.41, 5.74) is -0.906. The number of ether oxygens (including phenoxy) is 2. The fourth-order valence-corrected chi connectivity index (χ4v) is 2.57. The average molecular weight is 273 g/mol. The first-order chi connectivity index (χ1) is 8.87. The Labute approximate surface area is 115 Å². The third-order valence-corrected chi connectivity index (χ3v) is 3.65. The smallest absolute Gasteiger partial charge is 0.323 e. The zero-order valence-corrected chi connectivity index (χ0v) is 12.4. The van der Waals surface area contributed by atoms with Crippen LogP contribution in [0.5, 0.6) is 0 Å². The summed E-state index contributed by atoms with van der Waals surface area (Å²) in [5, 5.41) is 12.3. The zero-order valence-electron chi connectivity index (χ0n) is 12.4. The van der Waals surface area contributed by atoms with Crippen LogP contribution in [0.3, 0.4) is 0 Å². The highest BCUT2D eigenvalue weighted by Crippen LogP contribution is 2.22. The van der Waals surface area contributed by atoms with Crippen LogP contribution in [0.25, 0.3) is 0 Å². The molecule has 0 amide bonds. The Balaban J connectivity index is 2.37. The molecule has 0 aromatic carbocycles. The fraction of sp³-hybridized carbons (Fsp3) is 0.929. The molecule has 3 atom stereocenters. The molecule has 112 valence electrons. The van der Waals surface area contributed by atoms with Crippen LogP contribution in [0, 0.1) is 0 Å². The summed E-state index contributed by atoms with van der Waals surface area (Å²) in [7, 11) is 0. The Kier molecular flexibility index (Phi) is 6.23. The van der Waals surface area contributed by atoms with Gasteiger partial charge >= 0.3 is 5.97 Å². The maximum absolute atomic E-state index is 11.3. The van der Waals surface area contributed by atoms with E-state index in [2.05, 4.69) is 5.32 Å². The Bertz CT molecular complexity index is 287. The van der Waals surface area contributed by atoms with Crippen LogP contribution in [0.4, 0.5) is 0 Å². The van der Waals surface area contributed by atoms with Gasteiger partial charge in [-0.05, 0) is 46.6 Å². The van der Waals surface area contributed by atoms with Gasteiger partial charge in [0.25, 0.3) is 0 Å². The molecule has 0 radical (unpaired) electrons. The second kappa shape index (κ2) is 7.22. The van der Waals surface area contributed by atoms with E-state index in [4.69, 9.17) is 9.47 Å². The minimum absolute atomic E-state index is 0.179. The normalized spacial score (nSPS) is 30.8. The van der Waals surface area contributed by atoms with Crippen molar-refractivity contribution in [2.24, 2.45) is 0 Å². The highest BCUT2D eigenvalue weighted by atomic mass is 16.5. The highest BCUT2D eigenvalue weighted by Gasteiger charge is 2.32. The molecule has 1 aliphatic heterocycles. The van der Waals surface area contributed by atoms with Crippen molar-refractivity contribution in [3.05, 3.63) is 0 Å². The lowest BCUT2D eigenvalue weighted by molar-refractivity contribution is -0.146. The van der Waals surface area contributed by atoms with Crippen molar-refractivity contribution in [2.45, 2.75) is 70.8 Å². The summed E-state index contributed by atoms with van der Waals surface area (Å²) in [5.74, 6) is -0.827. The first-order valence-corrected chi connectivity index (χ1v) is 7.13. The molecule has 0 bridgehead atoms. The average Bonchev–Trinajstić information content (AvgIpc) is 2.27. The number of carbonyl (C=O) groups is 1. The van der Waals surface area contributed by atoms with Gasteiger partial charge in [-0.1, -0.05) is 6.92 Å². The van der Waals surface area contributed by atoms with Crippen LogP contribution < -0.4 is 5.32 Å². The van der Waals surface area contributed by atoms with Gasteiger partial charge in [0, 0.05) is 6.61 Å². The summed E-state index contributed by atoms with van der Waals surface area (Å²) < 4.78 is 11.5. The van der Waals surface area contributed by atoms with Crippen molar-refractivity contribution < 1.29 is 19.4 Å². The van der Waals surface area contributed by atoms with Crippen molar-refractivity contribution in [2.75, 3.05) is 13.2 Å². The quantitative estimate of drug-likeness (QED) is 0.740. The number of aliphatic carboxylic acids is 1. The van der Waals surface area contributed by atoms with Crippen LogP contribution in [0.15, 0.2) is 0 Å². The van der Waals surface area contributed by atoms with Gasteiger partial charge in [0.1, 0.15) is 5.54 Å². The van der Waals surface area contributed by atoms with E-state index in [9.17, 15) is 9.90 Å². The summed E-state index contributed by atoms with van der Waals surface area (Å²) in [6.45, 7) is 8.80. The van der Waals surface area contributed by atoms with Crippen LogP contribution in [-0.4, -0.2) is 48.1 Å². The monoisotopic (exact) mass is 273 g/mol. The molecule has 0 aromatic heterocycles.